The van der Waals surface area contributed by atoms with Crippen molar-refractivity contribution in [3.63, 3.8) is 0 Å². The second-order valence-corrected chi connectivity index (χ2v) is 6.33. The number of hydrogen-bond acceptors (Lipinski definition) is 3. The van der Waals surface area contributed by atoms with E-state index in [-0.39, 0.29) is 17.9 Å². The molecular weight excluding hydrogens is 316 g/mol. The predicted molar refractivity (Wildman–Crippen MR) is 74.8 cm³/mol. The molecule has 0 aromatic carbocycles. The molecule has 0 spiro atoms. The molecule has 1 fully saturated rings. The Bertz CT molecular complexity index is 474. The van der Waals surface area contributed by atoms with Crippen molar-refractivity contribution in [1.82, 2.24) is 9.80 Å². The molecule has 0 N–H and O–H groups in total. The summed E-state index contributed by atoms with van der Waals surface area (Å²) >= 11 is 5.07. The third-order valence-electron chi connectivity index (χ3n) is 3.08. The van der Waals surface area contributed by atoms with Crippen molar-refractivity contribution < 1.29 is 9.59 Å². The number of carbonyl (C=O) groups excluding carboxylic acids is 2. The zero-order valence-electron chi connectivity index (χ0n) is 10.4. The van der Waals surface area contributed by atoms with Crippen LogP contribution in [0.4, 0.5) is 4.79 Å². The third kappa shape index (κ3) is 2.75. The lowest BCUT2D eigenvalue weighted by molar-refractivity contribution is -0.117. The highest BCUT2D eigenvalue weighted by atomic mass is 79.9. The molecule has 98 valence electrons. The number of likely N-dealkylation sites (N-methyl/N-ethyl adjacent to an activating group) is 1. The molecule has 4 nitrogen and oxygen atoms in total. The molecule has 6 heteroatoms. The molecule has 1 aliphatic rings. The Labute approximate surface area is 119 Å². The average molecular weight is 331 g/mol. The lowest BCUT2D eigenvalue weighted by Gasteiger charge is -2.16. The van der Waals surface area contributed by atoms with E-state index >= 15 is 0 Å². The first-order valence-corrected chi connectivity index (χ1v) is 7.41. The van der Waals surface area contributed by atoms with Crippen molar-refractivity contribution in [2.75, 3.05) is 20.1 Å². The number of carbonyl (C=O) groups is 2. The first-order chi connectivity index (χ1) is 8.49. The number of nitrogens with zero attached hydrogens (tertiary/aromatic N) is 2. The SMILES string of the molecule is CC(=O)CCN1CC(c2cc(Br)cs2)N(C)C1=O. The molecule has 0 bridgehead atoms. The van der Waals surface area contributed by atoms with Crippen LogP contribution >= 0.6 is 27.3 Å². The highest BCUT2D eigenvalue weighted by molar-refractivity contribution is 9.10. The summed E-state index contributed by atoms with van der Waals surface area (Å²) in [5.41, 5.74) is 0. The van der Waals surface area contributed by atoms with E-state index in [1.807, 2.05) is 18.5 Å². The predicted octanol–water partition coefficient (Wildman–Crippen LogP) is 2.90. The van der Waals surface area contributed by atoms with E-state index in [4.69, 9.17) is 0 Å². The second kappa shape index (κ2) is 5.40. The molecule has 0 radical (unpaired) electrons. The minimum atomic E-state index is 0.00534. The molecule has 2 amide bonds. The molecule has 18 heavy (non-hydrogen) atoms. The van der Waals surface area contributed by atoms with E-state index in [0.29, 0.717) is 19.5 Å². The zero-order chi connectivity index (χ0) is 13.3. The summed E-state index contributed by atoms with van der Waals surface area (Å²) in [5, 5.41) is 2.02. The Morgan fingerprint density at radius 3 is 2.89 bits per heavy atom. The van der Waals surface area contributed by atoms with Crippen LogP contribution in [0, 0.1) is 0 Å². The second-order valence-electron chi connectivity index (χ2n) is 4.47. The van der Waals surface area contributed by atoms with Crippen LogP contribution in [0.3, 0.4) is 0 Å². The van der Waals surface area contributed by atoms with Gasteiger partial charge < -0.3 is 9.80 Å². The fraction of sp³-hybridized carbons (Fsp3) is 0.500. The Balaban J connectivity index is 2.07. The summed E-state index contributed by atoms with van der Waals surface area (Å²) in [7, 11) is 1.81. The highest BCUT2D eigenvalue weighted by Gasteiger charge is 2.35. The summed E-state index contributed by atoms with van der Waals surface area (Å²) in [6.07, 6.45) is 0.431. The smallest absolute Gasteiger partial charge is 0.320 e. The van der Waals surface area contributed by atoms with Gasteiger partial charge in [0.05, 0.1) is 6.04 Å². The maximum Gasteiger partial charge on any atom is 0.320 e. The van der Waals surface area contributed by atoms with Gasteiger partial charge in [-0.25, -0.2) is 4.79 Å². The topological polar surface area (TPSA) is 40.6 Å². The fourth-order valence-electron chi connectivity index (χ4n) is 2.03. The first kappa shape index (κ1) is 13.5. The minimum absolute atomic E-state index is 0.00534. The summed E-state index contributed by atoms with van der Waals surface area (Å²) in [4.78, 5) is 27.7. The number of urea groups is 1. The molecule has 2 heterocycles. The van der Waals surface area contributed by atoms with E-state index in [1.54, 1.807) is 28.1 Å². The molecule has 1 aliphatic heterocycles. The van der Waals surface area contributed by atoms with E-state index in [0.717, 1.165) is 4.47 Å². The Morgan fingerprint density at radius 2 is 2.33 bits per heavy atom. The monoisotopic (exact) mass is 330 g/mol. The zero-order valence-corrected chi connectivity index (χ0v) is 12.8. The van der Waals surface area contributed by atoms with Crippen LogP contribution in [0.5, 0.6) is 0 Å². The maximum atomic E-state index is 12.0. The van der Waals surface area contributed by atoms with Crippen LogP contribution in [0.25, 0.3) is 0 Å². The van der Waals surface area contributed by atoms with Gasteiger partial charge in [-0.2, -0.15) is 0 Å². The standard InChI is InChI=1S/C12H15BrN2O2S/c1-8(16)3-4-15-6-10(14(2)12(15)17)11-5-9(13)7-18-11/h5,7,10H,3-4,6H2,1-2H3. The molecule has 1 aromatic rings. The van der Waals surface area contributed by atoms with Crippen LogP contribution in [0.15, 0.2) is 15.9 Å². The minimum Gasteiger partial charge on any atom is -0.322 e. The van der Waals surface area contributed by atoms with Crippen molar-refractivity contribution in [2.24, 2.45) is 0 Å². The molecule has 1 atom stereocenters. The molecule has 1 unspecified atom stereocenters. The number of hydrogen-bond donors (Lipinski definition) is 0. The summed E-state index contributed by atoms with van der Waals surface area (Å²) < 4.78 is 1.05. The van der Waals surface area contributed by atoms with Crippen LogP contribution in [-0.2, 0) is 4.79 Å². The van der Waals surface area contributed by atoms with Crippen LogP contribution in [0.1, 0.15) is 24.3 Å². The van der Waals surface area contributed by atoms with E-state index in [9.17, 15) is 9.59 Å². The number of Topliss-reactive ketones (excluding diaryl/α,β-unsaturated/α-hetero) is 1. The molecule has 0 saturated carbocycles. The molecule has 2 rings (SSSR count). The van der Waals surface area contributed by atoms with Gasteiger partial charge in [0.25, 0.3) is 0 Å². The maximum absolute atomic E-state index is 12.0. The van der Waals surface area contributed by atoms with Gasteiger partial charge in [-0.15, -0.1) is 11.3 Å². The van der Waals surface area contributed by atoms with Crippen molar-refractivity contribution >= 4 is 39.1 Å². The summed E-state index contributed by atoms with van der Waals surface area (Å²) in [5.74, 6) is 0.118. The number of halogens is 1. The van der Waals surface area contributed by atoms with E-state index in [2.05, 4.69) is 15.9 Å². The largest absolute Gasteiger partial charge is 0.322 e. The van der Waals surface area contributed by atoms with E-state index < -0.39 is 0 Å². The Morgan fingerprint density at radius 1 is 1.61 bits per heavy atom. The third-order valence-corrected chi connectivity index (χ3v) is 4.88. The Kier molecular flexibility index (Phi) is 4.07. The lowest BCUT2D eigenvalue weighted by atomic mass is 10.2. The van der Waals surface area contributed by atoms with Crippen molar-refractivity contribution in [3.05, 3.63) is 20.8 Å². The van der Waals surface area contributed by atoms with Crippen molar-refractivity contribution in [1.29, 1.82) is 0 Å². The number of amides is 2. The van der Waals surface area contributed by atoms with Crippen LogP contribution < -0.4 is 0 Å². The van der Waals surface area contributed by atoms with Crippen molar-refractivity contribution in [3.8, 4) is 0 Å². The van der Waals surface area contributed by atoms with Gasteiger partial charge in [-0.05, 0) is 28.9 Å². The molecule has 1 aromatic heterocycles. The Hall–Kier alpha value is -0.880. The van der Waals surface area contributed by atoms with Gasteiger partial charge in [-0.1, -0.05) is 0 Å². The quantitative estimate of drug-likeness (QED) is 0.851. The van der Waals surface area contributed by atoms with Gasteiger partial charge in [0.15, 0.2) is 0 Å². The van der Waals surface area contributed by atoms with Crippen LogP contribution in [0.2, 0.25) is 0 Å². The van der Waals surface area contributed by atoms with Gasteiger partial charge in [0.1, 0.15) is 5.78 Å². The summed E-state index contributed by atoms with van der Waals surface area (Å²) in [6.45, 7) is 2.73. The number of rotatable bonds is 4. The number of ketones is 1. The van der Waals surface area contributed by atoms with Gasteiger partial charge in [0, 0.05) is 41.3 Å². The van der Waals surface area contributed by atoms with Crippen LogP contribution in [-0.4, -0.2) is 41.8 Å². The normalized spacial score (nSPS) is 19.7. The van der Waals surface area contributed by atoms with Crippen molar-refractivity contribution in [2.45, 2.75) is 19.4 Å². The molecular formula is C12H15BrN2O2S. The van der Waals surface area contributed by atoms with Gasteiger partial charge >= 0.3 is 6.03 Å². The van der Waals surface area contributed by atoms with E-state index in [1.165, 1.54) is 4.88 Å². The molecule has 0 aliphatic carbocycles. The van der Waals surface area contributed by atoms with Gasteiger partial charge in [0.2, 0.25) is 0 Å². The summed E-state index contributed by atoms with van der Waals surface area (Å²) in [6, 6.07) is 2.15. The number of thiophene rings is 1. The lowest BCUT2D eigenvalue weighted by Crippen LogP contribution is -2.31. The first-order valence-electron chi connectivity index (χ1n) is 5.74. The fourth-order valence-corrected chi connectivity index (χ4v) is 3.61. The van der Waals surface area contributed by atoms with Gasteiger partial charge in [-0.3, -0.25) is 4.79 Å². The highest BCUT2D eigenvalue weighted by Crippen LogP contribution is 2.33. The molecule has 1 saturated heterocycles. The average Bonchev–Trinajstić information content (AvgIpc) is 2.84.